The number of aliphatic hydroxyl groups is 2. The Bertz CT molecular complexity index is 827. The highest BCUT2D eigenvalue weighted by molar-refractivity contribution is 7.89. The molecule has 1 saturated carbocycles. The summed E-state index contributed by atoms with van der Waals surface area (Å²) in [4.78, 5) is 2.10. The number of nitrogens with zero attached hydrogens (tertiary/aromatic N) is 2. The first-order valence-electron chi connectivity index (χ1n) is 9.67. The first kappa shape index (κ1) is 22.5. The zero-order valence-corrected chi connectivity index (χ0v) is 17.2. The minimum atomic E-state index is -4.87. The van der Waals surface area contributed by atoms with Gasteiger partial charge in [-0.15, -0.1) is 0 Å². The van der Waals surface area contributed by atoms with Crippen molar-refractivity contribution >= 4 is 10.0 Å². The molecule has 4 atom stereocenters. The van der Waals surface area contributed by atoms with Gasteiger partial charge in [0.15, 0.2) is 5.60 Å². The van der Waals surface area contributed by atoms with Crippen LogP contribution >= 0.6 is 0 Å². The van der Waals surface area contributed by atoms with E-state index in [0.717, 1.165) is 37.1 Å². The standard InChI is InChI=1S/C19H27F3N2O4S/c1-13-12-23(15-5-6-16(25)11-15)9-10-24(13)29(27,28)17-7-3-14(4-8-17)18(2,26)19(20,21)22/h3-4,7-8,13,15-16,25-26H,5-6,9-12H2,1-2H3/t13-,15-,16+,18?/m1/s1. The van der Waals surface area contributed by atoms with Crippen LogP contribution in [-0.4, -0.2) is 71.8 Å². The molecule has 1 saturated heterocycles. The molecule has 0 amide bonds. The number of rotatable bonds is 4. The Balaban J connectivity index is 1.74. The van der Waals surface area contributed by atoms with Crippen molar-refractivity contribution in [1.29, 1.82) is 0 Å². The van der Waals surface area contributed by atoms with E-state index in [4.69, 9.17) is 0 Å². The fourth-order valence-corrected chi connectivity index (χ4v) is 5.79. The summed E-state index contributed by atoms with van der Waals surface area (Å²) in [5.74, 6) is 0. The minimum absolute atomic E-state index is 0.101. The van der Waals surface area contributed by atoms with E-state index in [2.05, 4.69) is 4.90 Å². The monoisotopic (exact) mass is 436 g/mol. The summed E-state index contributed by atoms with van der Waals surface area (Å²) < 4.78 is 66.4. The molecule has 0 bridgehead atoms. The number of alkyl halides is 3. The second-order valence-corrected chi connectivity index (χ2v) is 10.1. The predicted octanol–water partition coefficient (Wildman–Crippen LogP) is 2.06. The second kappa shape index (κ2) is 7.81. The molecule has 29 heavy (non-hydrogen) atoms. The molecule has 3 rings (SSSR count). The van der Waals surface area contributed by atoms with E-state index in [1.807, 2.05) is 0 Å². The zero-order valence-electron chi connectivity index (χ0n) is 16.4. The van der Waals surface area contributed by atoms with Crippen LogP contribution in [-0.2, 0) is 15.6 Å². The molecule has 1 heterocycles. The zero-order chi connectivity index (χ0) is 21.6. The van der Waals surface area contributed by atoms with Crippen LogP contribution < -0.4 is 0 Å². The van der Waals surface area contributed by atoms with Crippen LogP contribution in [0.4, 0.5) is 13.2 Å². The average molecular weight is 436 g/mol. The number of aliphatic hydroxyl groups excluding tert-OH is 1. The normalized spacial score (nSPS) is 29.7. The van der Waals surface area contributed by atoms with Crippen molar-refractivity contribution in [3.05, 3.63) is 29.8 Å². The summed E-state index contributed by atoms with van der Waals surface area (Å²) in [6.07, 6.45) is -2.83. The highest BCUT2D eigenvalue weighted by atomic mass is 32.2. The van der Waals surface area contributed by atoms with Gasteiger partial charge in [-0.25, -0.2) is 8.42 Å². The molecule has 1 aromatic carbocycles. The van der Waals surface area contributed by atoms with Crippen LogP contribution in [0.5, 0.6) is 0 Å². The van der Waals surface area contributed by atoms with Crippen molar-refractivity contribution in [2.75, 3.05) is 19.6 Å². The Labute approximate surface area is 169 Å². The summed E-state index contributed by atoms with van der Waals surface area (Å²) in [6.45, 7) is 3.80. The van der Waals surface area contributed by atoms with Crippen molar-refractivity contribution in [2.24, 2.45) is 0 Å². The largest absolute Gasteiger partial charge is 0.421 e. The van der Waals surface area contributed by atoms with Crippen LogP contribution in [0.1, 0.15) is 38.7 Å². The van der Waals surface area contributed by atoms with Gasteiger partial charge in [-0.1, -0.05) is 12.1 Å². The van der Waals surface area contributed by atoms with E-state index < -0.39 is 27.4 Å². The lowest BCUT2D eigenvalue weighted by atomic mass is 9.96. The van der Waals surface area contributed by atoms with Gasteiger partial charge in [0.1, 0.15) is 0 Å². The maximum atomic E-state index is 13.0. The molecule has 2 aliphatic rings. The van der Waals surface area contributed by atoms with Crippen LogP contribution in [0.3, 0.4) is 0 Å². The Morgan fingerprint density at radius 1 is 1.10 bits per heavy atom. The number of piperazine rings is 1. The average Bonchev–Trinajstić information content (AvgIpc) is 3.07. The van der Waals surface area contributed by atoms with Gasteiger partial charge in [-0.2, -0.15) is 17.5 Å². The number of halogens is 3. The molecule has 0 radical (unpaired) electrons. The van der Waals surface area contributed by atoms with Crippen molar-refractivity contribution in [2.45, 2.75) is 68.0 Å². The van der Waals surface area contributed by atoms with Gasteiger partial charge in [0.2, 0.25) is 10.0 Å². The molecule has 0 spiro atoms. The number of sulfonamides is 1. The lowest BCUT2D eigenvalue weighted by Gasteiger charge is -2.41. The van der Waals surface area contributed by atoms with Crippen LogP contribution in [0.15, 0.2) is 29.2 Å². The Morgan fingerprint density at radius 2 is 1.72 bits per heavy atom. The third kappa shape index (κ3) is 4.32. The molecule has 1 aromatic rings. The number of hydrogen-bond acceptors (Lipinski definition) is 5. The maximum absolute atomic E-state index is 13.0. The molecule has 2 fully saturated rings. The van der Waals surface area contributed by atoms with Gasteiger partial charge >= 0.3 is 6.18 Å². The molecule has 0 aromatic heterocycles. The van der Waals surface area contributed by atoms with E-state index in [1.54, 1.807) is 6.92 Å². The van der Waals surface area contributed by atoms with E-state index in [1.165, 1.54) is 4.31 Å². The van der Waals surface area contributed by atoms with Crippen LogP contribution in [0.25, 0.3) is 0 Å². The van der Waals surface area contributed by atoms with Crippen molar-refractivity contribution in [1.82, 2.24) is 9.21 Å². The van der Waals surface area contributed by atoms with Crippen molar-refractivity contribution < 1.29 is 31.8 Å². The maximum Gasteiger partial charge on any atom is 0.421 e. The predicted molar refractivity (Wildman–Crippen MR) is 101 cm³/mol. The quantitative estimate of drug-likeness (QED) is 0.755. The summed E-state index contributed by atoms with van der Waals surface area (Å²) in [5, 5.41) is 19.5. The summed E-state index contributed by atoms with van der Waals surface area (Å²) in [7, 11) is -3.87. The Kier molecular flexibility index (Phi) is 6.05. The fraction of sp³-hybridized carbons (Fsp3) is 0.684. The van der Waals surface area contributed by atoms with E-state index in [0.29, 0.717) is 26.4 Å². The molecular weight excluding hydrogens is 409 g/mol. The number of benzene rings is 1. The summed E-state index contributed by atoms with van der Waals surface area (Å²) >= 11 is 0. The van der Waals surface area contributed by atoms with Gasteiger partial charge in [-0.3, -0.25) is 4.90 Å². The van der Waals surface area contributed by atoms with E-state index in [-0.39, 0.29) is 29.6 Å². The molecule has 1 unspecified atom stereocenters. The first-order valence-corrected chi connectivity index (χ1v) is 11.1. The second-order valence-electron chi connectivity index (χ2n) is 8.17. The Hall–Kier alpha value is -1.20. The van der Waals surface area contributed by atoms with Gasteiger partial charge in [0, 0.05) is 31.7 Å². The summed E-state index contributed by atoms with van der Waals surface area (Å²) in [5.41, 5.74) is -3.47. The first-order chi connectivity index (χ1) is 13.3. The lowest BCUT2D eigenvalue weighted by Crippen LogP contribution is -2.56. The van der Waals surface area contributed by atoms with Gasteiger partial charge in [0.25, 0.3) is 0 Å². The van der Waals surface area contributed by atoms with Gasteiger partial charge < -0.3 is 10.2 Å². The van der Waals surface area contributed by atoms with Crippen LogP contribution in [0, 0.1) is 0 Å². The molecule has 10 heteroatoms. The van der Waals surface area contributed by atoms with E-state index in [9.17, 15) is 31.8 Å². The molecule has 6 nitrogen and oxygen atoms in total. The third-order valence-corrected chi connectivity index (χ3v) is 8.09. The van der Waals surface area contributed by atoms with Crippen molar-refractivity contribution in [3.63, 3.8) is 0 Å². The number of hydrogen-bond donors (Lipinski definition) is 2. The summed E-state index contributed by atoms with van der Waals surface area (Å²) in [6, 6.07) is 4.17. The van der Waals surface area contributed by atoms with Gasteiger partial charge in [0.05, 0.1) is 11.0 Å². The van der Waals surface area contributed by atoms with Gasteiger partial charge in [-0.05, 0) is 50.8 Å². The lowest BCUT2D eigenvalue weighted by molar-refractivity contribution is -0.258. The fourth-order valence-electron chi connectivity index (χ4n) is 4.17. The van der Waals surface area contributed by atoms with E-state index >= 15 is 0 Å². The minimum Gasteiger partial charge on any atom is -0.393 e. The molecular formula is C19H27F3N2O4S. The highest BCUT2D eigenvalue weighted by Gasteiger charge is 2.51. The molecule has 2 N–H and O–H groups in total. The van der Waals surface area contributed by atoms with Crippen molar-refractivity contribution in [3.8, 4) is 0 Å². The molecule has 164 valence electrons. The molecule has 1 aliphatic carbocycles. The SMILES string of the molecule is C[C@@H]1CN([C@@H]2CC[C@H](O)C2)CCN1S(=O)(=O)c1ccc(C(C)(O)C(F)(F)F)cc1. The highest BCUT2D eigenvalue weighted by Crippen LogP contribution is 2.39. The third-order valence-electron chi connectivity index (χ3n) is 6.07. The smallest absolute Gasteiger partial charge is 0.393 e. The molecule has 1 aliphatic heterocycles. The van der Waals surface area contributed by atoms with Crippen LogP contribution in [0.2, 0.25) is 0 Å². The topological polar surface area (TPSA) is 81.1 Å². The Morgan fingerprint density at radius 3 is 2.21 bits per heavy atom.